The maximum atomic E-state index is 8.56. The van der Waals surface area contributed by atoms with Gasteiger partial charge in [-0.05, 0) is 6.07 Å². The summed E-state index contributed by atoms with van der Waals surface area (Å²) in [7, 11) is 4.83. The summed E-state index contributed by atoms with van der Waals surface area (Å²) in [5, 5.41) is 14.4. The third-order valence-electron chi connectivity index (χ3n) is 2.88. The highest BCUT2D eigenvalue weighted by atomic mass is 32.1. The highest BCUT2D eigenvalue weighted by Crippen LogP contribution is 2.35. The summed E-state index contributed by atoms with van der Waals surface area (Å²) in [5.41, 5.74) is 1.74. The first-order chi connectivity index (χ1) is 11.4. The van der Waals surface area contributed by atoms with Crippen LogP contribution in [0.1, 0.15) is 11.3 Å². The van der Waals surface area contributed by atoms with E-state index in [1.807, 2.05) is 18.2 Å². The van der Waals surface area contributed by atoms with Crippen molar-refractivity contribution in [3.05, 3.63) is 35.7 Å². The van der Waals surface area contributed by atoms with Gasteiger partial charge in [0.05, 0.1) is 21.3 Å². The van der Waals surface area contributed by atoms with E-state index in [0.29, 0.717) is 28.8 Å². The van der Waals surface area contributed by atoms with Gasteiger partial charge in [-0.1, -0.05) is 0 Å². The number of nitrogens with zero attached hydrogens (tertiary/aromatic N) is 2. The van der Waals surface area contributed by atoms with Crippen molar-refractivity contribution in [2.45, 2.75) is 11.6 Å². The molecule has 0 fully saturated rings. The number of carbonyl (C=O) groups is 1. The predicted molar refractivity (Wildman–Crippen MR) is 88.8 cm³/mol. The monoisotopic (exact) mass is 354 g/mol. The number of thiol groups is 1. The van der Waals surface area contributed by atoms with Crippen molar-refractivity contribution in [1.82, 2.24) is 9.97 Å². The lowest BCUT2D eigenvalue weighted by atomic mass is 10.1. The molecule has 0 aliphatic rings. The van der Waals surface area contributed by atoms with Crippen LogP contribution in [-0.2, 0) is 6.42 Å². The maximum Gasteiger partial charge on any atom is 0.503 e. The molecule has 24 heavy (non-hydrogen) atoms. The van der Waals surface area contributed by atoms with Crippen LogP contribution < -0.4 is 14.2 Å². The topological polar surface area (TPSA) is 111 Å². The summed E-state index contributed by atoms with van der Waals surface area (Å²) < 4.78 is 16.0. The van der Waals surface area contributed by atoms with Crippen LogP contribution in [0.5, 0.6) is 17.2 Å². The molecule has 1 aromatic heterocycles. The average molecular weight is 354 g/mol. The van der Waals surface area contributed by atoms with Gasteiger partial charge in [-0.3, -0.25) is 0 Å². The first-order valence-electron chi connectivity index (χ1n) is 6.62. The summed E-state index contributed by atoms with van der Waals surface area (Å²) >= 11 is 4.14. The average Bonchev–Trinajstić information content (AvgIpc) is 2.54. The molecule has 0 aliphatic heterocycles. The van der Waals surface area contributed by atoms with Crippen molar-refractivity contribution in [2.75, 3.05) is 21.3 Å². The van der Waals surface area contributed by atoms with Gasteiger partial charge in [-0.2, -0.15) is 0 Å². The zero-order valence-electron chi connectivity index (χ0n) is 13.4. The highest BCUT2D eigenvalue weighted by molar-refractivity contribution is 7.80. The zero-order chi connectivity index (χ0) is 18.1. The molecular weight excluding hydrogens is 336 g/mol. The Morgan fingerprint density at radius 1 is 1.12 bits per heavy atom. The summed E-state index contributed by atoms with van der Waals surface area (Å²) in [4.78, 5) is 16.8. The Bertz CT molecular complexity index is 666. The van der Waals surface area contributed by atoms with Gasteiger partial charge in [0.15, 0.2) is 5.16 Å². The molecular formula is C15H18N2O6S. The molecule has 130 valence electrons. The van der Waals surface area contributed by atoms with E-state index in [0.717, 1.165) is 11.3 Å². The molecule has 2 aromatic rings. The number of hydrogen-bond acceptors (Lipinski definition) is 7. The van der Waals surface area contributed by atoms with Crippen LogP contribution in [0.25, 0.3) is 0 Å². The Labute approximate surface area is 144 Å². The van der Waals surface area contributed by atoms with Crippen molar-refractivity contribution in [3.8, 4) is 17.2 Å². The Morgan fingerprint density at radius 2 is 1.67 bits per heavy atom. The van der Waals surface area contributed by atoms with E-state index in [4.69, 9.17) is 29.2 Å². The number of methoxy groups -OCH3 is 3. The van der Waals surface area contributed by atoms with Crippen molar-refractivity contribution >= 4 is 18.8 Å². The van der Waals surface area contributed by atoms with Gasteiger partial charge in [0.1, 0.15) is 17.2 Å². The Morgan fingerprint density at radius 3 is 2.08 bits per heavy atom. The molecule has 0 aliphatic carbocycles. The molecule has 2 N–H and O–H groups in total. The van der Waals surface area contributed by atoms with Crippen LogP contribution in [0.4, 0.5) is 4.79 Å². The molecule has 9 heteroatoms. The Hall–Kier alpha value is -2.68. The molecule has 0 spiro atoms. The van der Waals surface area contributed by atoms with Crippen LogP contribution in [0.3, 0.4) is 0 Å². The summed E-state index contributed by atoms with van der Waals surface area (Å²) in [5.74, 6) is 2.07. The van der Waals surface area contributed by atoms with Crippen molar-refractivity contribution in [3.63, 3.8) is 0 Å². The van der Waals surface area contributed by atoms with Crippen molar-refractivity contribution in [2.24, 2.45) is 0 Å². The van der Waals surface area contributed by atoms with Crippen LogP contribution in [0.15, 0.2) is 29.6 Å². The van der Waals surface area contributed by atoms with Crippen molar-refractivity contribution < 1.29 is 29.2 Å². The standard InChI is InChI=1S/C14H16N2O3S.CH2O3/c1-17-10-7-12(18-2)11(13(8-10)19-3)6-9-4-5-15-14(20)16-9;2-1(3)4/h4-5,7-8H,6H2,1-3H3,(H,15,16,20);(H2,2,3,4). The molecule has 8 nitrogen and oxygen atoms in total. The van der Waals surface area contributed by atoms with Gasteiger partial charge in [0, 0.05) is 36.0 Å². The molecule has 0 saturated carbocycles. The SMILES string of the molecule is COc1cc(OC)c(Cc2ccnc(S)n2)c(OC)c1.O=C(O)O. The molecule has 0 amide bonds. The maximum absolute atomic E-state index is 8.56. The fourth-order valence-corrected chi connectivity index (χ4v) is 2.11. The smallest absolute Gasteiger partial charge is 0.496 e. The Balaban J connectivity index is 0.000000648. The van der Waals surface area contributed by atoms with E-state index in [1.54, 1.807) is 27.5 Å². The van der Waals surface area contributed by atoms with E-state index in [1.165, 1.54) is 0 Å². The van der Waals surface area contributed by atoms with E-state index in [-0.39, 0.29) is 0 Å². The van der Waals surface area contributed by atoms with Gasteiger partial charge in [0.25, 0.3) is 0 Å². The minimum absolute atomic E-state index is 0.439. The van der Waals surface area contributed by atoms with E-state index in [2.05, 4.69) is 22.6 Å². The first-order valence-corrected chi connectivity index (χ1v) is 7.07. The quantitative estimate of drug-likeness (QED) is 0.555. The number of benzene rings is 1. The third-order valence-corrected chi connectivity index (χ3v) is 3.09. The van der Waals surface area contributed by atoms with E-state index >= 15 is 0 Å². The number of aromatic nitrogens is 2. The minimum Gasteiger partial charge on any atom is -0.496 e. The molecule has 0 saturated heterocycles. The second-order valence-electron chi connectivity index (χ2n) is 4.32. The minimum atomic E-state index is -1.83. The fourth-order valence-electron chi connectivity index (χ4n) is 1.92. The second-order valence-corrected chi connectivity index (χ2v) is 4.72. The van der Waals surface area contributed by atoms with Crippen LogP contribution in [0.2, 0.25) is 0 Å². The normalized spacial score (nSPS) is 9.50. The van der Waals surface area contributed by atoms with Gasteiger partial charge in [0.2, 0.25) is 0 Å². The number of hydrogen-bond donors (Lipinski definition) is 3. The van der Waals surface area contributed by atoms with Crippen LogP contribution >= 0.6 is 12.6 Å². The first kappa shape index (κ1) is 19.4. The molecule has 1 aromatic carbocycles. The molecule has 0 unspecified atom stereocenters. The second kappa shape index (κ2) is 9.46. The summed E-state index contributed by atoms with van der Waals surface area (Å²) in [6, 6.07) is 5.48. The van der Waals surface area contributed by atoms with Gasteiger partial charge < -0.3 is 24.4 Å². The van der Waals surface area contributed by atoms with Crippen LogP contribution in [0, 0.1) is 0 Å². The van der Waals surface area contributed by atoms with Gasteiger partial charge >= 0.3 is 6.16 Å². The lowest BCUT2D eigenvalue weighted by molar-refractivity contribution is 0.137. The highest BCUT2D eigenvalue weighted by Gasteiger charge is 2.14. The van der Waals surface area contributed by atoms with Gasteiger partial charge in [-0.25, -0.2) is 14.8 Å². The largest absolute Gasteiger partial charge is 0.503 e. The number of ether oxygens (including phenoxy) is 3. The summed E-state index contributed by atoms with van der Waals surface area (Å²) in [6.45, 7) is 0. The zero-order valence-corrected chi connectivity index (χ0v) is 14.3. The van der Waals surface area contributed by atoms with E-state index < -0.39 is 6.16 Å². The molecule has 1 heterocycles. The summed E-state index contributed by atoms with van der Waals surface area (Å²) in [6.07, 6.45) is 0.402. The predicted octanol–water partition coefficient (Wildman–Crippen LogP) is 2.60. The van der Waals surface area contributed by atoms with E-state index in [9.17, 15) is 0 Å². The lowest BCUT2D eigenvalue weighted by Crippen LogP contribution is -2.01. The lowest BCUT2D eigenvalue weighted by Gasteiger charge is -2.14. The number of rotatable bonds is 5. The molecule has 0 radical (unpaired) electrons. The van der Waals surface area contributed by atoms with Gasteiger partial charge in [-0.15, -0.1) is 12.6 Å². The van der Waals surface area contributed by atoms with Crippen molar-refractivity contribution in [1.29, 1.82) is 0 Å². The molecule has 0 atom stereocenters. The molecule has 2 rings (SSSR count). The number of carboxylic acid groups (broad SMARTS) is 2. The fraction of sp³-hybridized carbons (Fsp3) is 0.267. The van der Waals surface area contributed by atoms with Crippen LogP contribution in [-0.4, -0.2) is 47.7 Å². The third kappa shape index (κ3) is 5.84. The Kier molecular flexibility index (Phi) is 7.63. The molecule has 0 bridgehead atoms.